The fourth-order valence-corrected chi connectivity index (χ4v) is 11.4. The third-order valence-corrected chi connectivity index (χ3v) is 17.2. The molecule has 0 saturated heterocycles. The second-order valence-electron chi connectivity index (χ2n) is 25.7. The van der Waals surface area contributed by atoms with E-state index in [9.17, 15) is 19.0 Å². The van der Waals surface area contributed by atoms with Crippen LogP contribution in [-0.4, -0.2) is 69.4 Å². The Balaban J connectivity index is 4.99. The number of hydrogen-bond acceptors (Lipinski definition) is 7. The number of amides is 1. The number of rotatable bonds is 66. The van der Waals surface area contributed by atoms with Crippen molar-refractivity contribution in [3.05, 3.63) is 48.6 Å². The van der Waals surface area contributed by atoms with E-state index in [0.717, 1.165) is 70.6 Å². The summed E-state index contributed by atoms with van der Waals surface area (Å²) in [6, 6.07) is -0.887. The molecule has 0 aliphatic carbocycles. The average molecular weight is 1190 g/mol. The van der Waals surface area contributed by atoms with Crippen molar-refractivity contribution in [1.29, 1.82) is 0 Å². The number of carbonyl (C=O) groups excluding carboxylic acids is 2. The van der Waals surface area contributed by atoms with E-state index in [0.29, 0.717) is 17.4 Å². The first-order valence-electron chi connectivity index (χ1n) is 35.9. The molecule has 0 bridgehead atoms. The zero-order valence-corrected chi connectivity index (χ0v) is 56.8. The second-order valence-corrected chi connectivity index (χ2v) is 27.2. The van der Waals surface area contributed by atoms with Gasteiger partial charge >= 0.3 is 5.97 Å². The highest BCUT2D eigenvalue weighted by atomic mass is 31.2. The number of ether oxygens (including phenoxy) is 1. The number of nitrogens with one attached hydrogen (secondary N) is 1. The van der Waals surface area contributed by atoms with Gasteiger partial charge in [0.2, 0.25) is 5.91 Å². The number of likely N-dealkylation sites (N-methyl/N-ethyl adjacent to an activating group) is 1. The molecule has 0 rings (SSSR count). The van der Waals surface area contributed by atoms with Gasteiger partial charge in [-0.05, 0) is 70.3 Å². The Bertz CT molecular complexity index is 1560. The van der Waals surface area contributed by atoms with Crippen molar-refractivity contribution < 1.29 is 37.3 Å². The molecule has 0 fully saturated rings. The van der Waals surface area contributed by atoms with Crippen molar-refractivity contribution in [2.45, 2.75) is 367 Å². The molecule has 3 atom stereocenters. The van der Waals surface area contributed by atoms with Crippen LogP contribution in [0.1, 0.15) is 355 Å². The van der Waals surface area contributed by atoms with E-state index in [1.54, 1.807) is 0 Å². The lowest BCUT2D eigenvalue weighted by molar-refractivity contribution is -0.870. The molecule has 0 aromatic heterocycles. The number of quaternary nitrogens is 1. The molecular weight excluding hydrogens is 1050 g/mol. The van der Waals surface area contributed by atoms with Crippen LogP contribution in [0.5, 0.6) is 0 Å². The minimum atomic E-state index is -4.70. The van der Waals surface area contributed by atoms with E-state index in [4.69, 9.17) is 13.8 Å². The maximum absolute atomic E-state index is 13.6. The first-order valence-corrected chi connectivity index (χ1v) is 37.4. The number of nitrogens with zero attached hydrogens (tertiary/aromatic N) is 1. The van der Waals surface area contributed by atoms with Gasteiger partial charge in [0.05, 0.1) is 33.8 Å². The summed E-state index contributed by atoms with van der Waals surface area (Å²) in [6.45, 7) is 6.86. The van der Waals surface area contributed by atoms with Crippen LogP contribution in [0.4, 0.5) is 0 Å². The van der Waals surface area contributed by atoms with Crippen LogP contribution < -0.4 is 10.2 Å². The van der Waals surface area contributed by atoms with Crippen LogP contribution in [-0.2, 0) is 27.9 Å². The van der Waals surface area contributed by atoms with Gasteiger partial charge in [0.25, 0.3) is 7.82 Å². The predicted octanol–water partition coefficient (Wildman–Crippen LogP) is 22.2. The first kappa shape index (κ1) is 81.0. The van der Waals surface area contributed by atoms with Gasteiger partial charge in [-0.1, -0.05) is 320 Å². The molecule has 0 aliphatic rings. The fraction of sp³-hybridized carbons (Fsp3) is 0.863. The Morgan fingerprint density at radius 3 is 1.12 bits per heavy atom. The summed E-state index contributed by atoms with van der Waals surface area (Å²) in [6.07, 6.45) is 79.5. The predicted molar refractivity (Wildman–Crippen MR) is 358 cm³/mol. The Morgan fingerprint density at radius 1 is 0.422 bits per heavy atom. The van der Waals surface area contributed by atoms with Gasteiger partial charge in [0.1, 0.15) is 19.3 Å². The maximum Gasteiger partial charge on any atom is 0.306 e. The van der Waals surface area contributed by atoms with Crippen molar-refractivity contribution in [2.24, 2.45) is 0 Å². The van der Waals surface area contributed by atoms with Crippen molar-refractivity contribution in [3.8, 4) is 0 Å². The topological polar surface area (TPSA) is 114 Å². The largest absolute Gasteiger partial charge is 0.756 e. The average Bonchev–Trinajstić information content (AvgIpc) is 3.51. The molecule has 488 valence electrons. The van der Waals surface area contributed by atoms with E-state index < -0.39 is 20.0 Å². The third kappa shape index (κ3) is 64.3. The van der Waals surface area contributed by atoms with Crippen molar-refractivity contribution in [1.82, 2.24) is 5.32 Å². The molecule has 1 N–H and O–H groups in total. The molecule has 83 heavy (non-hydrogen) atoms. The standard InChI is InChI=1S/C73H139N2O7P/c1-7-10-13-16-19-22-25-27-29-31-33-35-36-37-38-40-41-43-45-47-50-53-56-59-62-65-72(76)74-70(69-81-83(78,79)80-68-67-75(4,5)6)71(64-61-58-55-52-49-24-21-18-15-12-9-3)82-73(77)66-63-60-57-54-51-48-46-44-42-39-34-32-30-28-26-23-20-17-14-11-8-2/h19,22,27,29,33,35,61,64,70-71H,7-18,20-21,23-26,28,30-32,34,36-60,62-63,65-69H2,1-6H3,(H-,74,76,78,79)/b22-19-,29-27-,35-33-,64-61+. The molecule has 0 radical (unpaired) electrons. The van der Waals surface area contributed by atoms with E-state index in [-0.39, 0.29) is 31.5 Å². The number of esters is 1. The van der Waals surface area contributed by atoms with E-state index in [1.165, 1.54) is 250 Å². The number of hydrogen-bond donors (Lipinski definition) is 1. The SMILES string of the molecule is CCCCC/C=C\C/C=C\C/C=C\CCCCCCCCCCCCCCC(=O)NC(COP(=O)([O-])OCC[N+](C)(C)C)C(/C=C/CCCCCCCCCCC)OC(=O)CCCCCCCCCCCCCCCCCCCCCCC. The number of phosphoric ester groups is 1. The zero-order valence-electron chi connectivity index (χ0n) is 55.9. The highest BCUT2D eigenvalue weighted by Crippen LogP contribution is 2.38. The van der Waals surface area contributed by atoms with E-state index >= 15 is 0 Å². The van der Waals surface area contributed by atoms with Crippen LogP contribution in [0, 0.1) is 0 Å². The summed E-state index contributed by atoms with van der Waals surface area (Å²) < 4.78 is 30.4. The summed E-state index contributed by atoms with van der Waals surface area (Å²) in [7, 11) is 1.20. The van der Waals surface area contributed by atoms with Gasteiger partial charge in [-0.2, -0.15) is 0 Å². The number of phosphoric acid groups is 1. The van der Waals surface area contributed by atoms with Gasteiger partial charge in [-0.3, -0.25) is 14.2 Å². The van der Waals surface area contributed by atoms with Crippen LogP contribution >= 0.6 is 7.82 Å². The van der Waals surface area contributed by atoms with Crippen LogP contribution in [0.2, 0.25) is 0 Å². The molecule has 0 saturated carbocycles. The van der Waals surface area contributed by atoms with Crippen LogP contribution in [0.3, 0.4) is 0 Å². The number of allylic oxidation sites excluding steroid dienone is 7. The second kappa shape index (κ2) is 63.0. The smallest absolute Gasteiger partial charge is 0.306 e. The highest BCUT2D eigenvalue weighted by molar-refractivity contribution is 7.45. The molecule has 0 heterocycles. The fourth-order valence-electron chi connectivity index (χ4n) is 10.7. The monoisotopic (exact) mass is 1190 g/mol. The molecule has 1 amide bonds. The van der Waals surface area contributed by atoms with Crippen LogP contribution in [0.25, 0.3) is 0 Å². The quantitative estimate of drug-likeness (QED) is 0.0212. The minimum Gasteiger partial charge on any atom is -0.756 e. The molecular formula is C73H139N2O7P. The lowest BCUT2D eigenvalue weighted by Gasteiger charge is -2.30. The van der Waals surface area contributed by atoms with Crippen molar-refractivity contribution >= 4 is 19.7 Å². The summed E-state index contributed by atoms with van der Waals surface area (Å²) >= 11 is 0. The Morgan fingerprint density at radius 2 is 0.735 bits per heavy atom. The lowest BCUT2D eigenvalue weighted by Crippen LogP contribution is -2.47. The van der Waals surface area contributed by atoms with Crippen molar-refractivity contribution in [2.75, 3.05) is 40.9 Å². The molecule has 0 aromatic rings. The van der Waals surface area contributed by atoms with E-state index in [1.807, 2.05) is 33.3 Å². The Kier molecular flexibility index (Phi) is 61.5. The highest BCUT2D eigenvalue weighted by Gasteiger charge is 2.27. The Hall–Kier alpha value is -2.03. The number of carbonyl (C=O) groups is 2. The summed E-state index contributed by atoms with van der Waals surface area (Å²) in [4.78, 5) is 40.2. The van der Waals surface area contributed by atoms with Crippen LogP contribution in [0.15, 0.2) is 48.6 Å². The van der Waals surface area contributed by atoms with Gasteiger partial charge in [-0.25, -0.2) is 0 Å². The third-order valence-electron chi connectivity index (χ3n) is 16.3. The first-order chi connectivity index (χ1) is 40.4. The summed E-state index contributed by atoms with van der Waals surface area (Å²) in [5.74, 6) is -0.526. The van der Waals surface area contributed by atoms with E-state index in [2.05, 4.69) is 62.5 Å². The van der Waals surface area contributed by atoms with Gasteiger partial charge < -0.3 is 28.5 Å². The van der Waals surface area contributed by atoms with Gasteiger partial charge in [0.15, 0.2) is 0 Å². The molecule has 0 aliphatic heterocycles. The molecule has 3 unspecified atom stereocenters. The van der Waals surface area contributed by atoms with Gasteiger partial charge in [0, 0.05) is 12.8 Å². The normalized spacial score (nSPS) is 13.8. The lowest BCUT2D eigenvalue weighted by atomic mass is 10.0. The molecule has 0 aromatic carbocycles. The van der Waals surface area contributed by atoms with Gasteiger partial charge in [-0.15, -0.1) is 0 Å². The Labute approximate surface area is 516 Å². The molecule has 0 spiro atoms. The van der Waals surface area contributed by atoms with Crippen molar-refractivity contribution in [3.63, 3.8) is 0 Å². The summed E-state index contributed by atoms with van der Waals surface area (Å²) in [5, 5.41) is 3.05. The zero-order chi connectivity index (χ0) is 60.7. The number of unbranched alkanes of at least 4 members (excludes halogenated alkanes) is 44. The molecule has 10 heteroatoms. The molecule has 9 nitrogen and oxygen atoms in total. The maximum atomic E-state index is 13.6. The minimum absolute atomic E-state index is 0.0208. The summed E-state index contributed by atoms with van der Waals surface area (Å²) in [5.41, 5.74) is 0.